The zero-order chi connectivity index (χ0) is 49.4. The van der Waals surface area contributed by atoms with Crippen LogP contribution in [0.4, 0.5) is 51.2 Å². The summed E-state index contributed by atoms with van der Waals surface area (Å²) < 4.78 is 2.80. The second kappa shape index (κ2) is 16.0. The molecule has 70 heavy (non-hydrogen) atoms. The van der Waals surface area contributed by atoms with E-state index < -0.39 is 0 Å². The predicted octanol–water partition coefficient (Wildman–Crippen LogP) is 17.0. The van der Waals surface area contributed by atoms with Crippen LogP contribution in [-0.2, 0) is 27.1 Å². The molecule has 0 saturated carbocycles. The van der Waals surface area contributed by atoms with Crippen molar-refractivity contribution < 1.29 is 0 Å². The van der Waals surface area contributed by atoms with E-state index in [1.165, 1.54) is 100 Å². The summed E-state index contributed by atoms with van der Waals surface area (Å²) in [6.07, 6.45) is 2.36. The lowest BCUT2D eigenvalue weighted by Gasteiger charge is -2.45. The highest BCUT2D eigenvalue weighted by molar-refractivity contribution is 7.33. The number of benzene rings is 7. The monoisotopic (exact) mass is 936 g/mol. The molecule has 0 atom stereocenters. The number of rotatable bonds is 5. The van der Waals surface area contributed by atoms with Crippen LogP contribution in [-0.4, -0.2) is 6.71 Å². The van der Waals surface area contributed by atoms with Gasteiger partial charge in [0, 0.05) is 54.7 Å². The Morgan fingerprint density at radius 1 is 0.500 bits per heavy atom. The largest absolute Gasteiger partial charge is 0.311 e. The van der Waals surface area contributed by atoms with Crippen LogP contribution in [0, 0.1) is 6.92 Å². The number of hydrogen-bond donors (Lipinski definition) is 0. The van der Waals surface area contributed by atoms with Crippen molar-refractivity contribution in [3.63, 3.8) is 0 Å². The van der Waals surface area contributed by atoms with Crippen LogP contribution in [0.15, 0.2) is 146 Å². The second-order valence-electron chi connectivity index (χ2n) is 25.1. The van der Waals surface area contributed by atoms with E-state index in [1.54, 1.807) is 0 Å². The van der Waals surface area contributed by atoms with E-state index in [-0.39, 0.29) is 33.8 Å². The van der Waals surface area contributed by atoms with E-state index >= 15 is 0 Å². The Bertz CT molecular complexity index is 3300. The van der Waals surface area contributed by atoms with Gasteiger partial charge in [-0.2, -0.15) is 0 Å². The SMILES string of the molecule is Cc1cc(C(C)(C)C)ccc1N1c2cc(N(c3ccccc3)c3ccccc3)cc3c2B(c2cc(C(C)(C)C)ccc2N3c2ccc(C(C)(C)C)cc2)c2sc3cc4c(cc3c21)C(C)(C)CCC4(C)C. The van der Waals surface area contributed by atoms with Gasteiger partial charge in [0.1, 0.15) is 0 Å². The molecule has 0 N–H and O–H groups in total. The number of hydrogen-bond acceptors (Lipinski definition) is 4. The highest BCUT2D eigenvalue weighted by Gasteiger charge is 2.47. The minimum absolute atomic E-state index is 0.000739. The van der Waals surface area contributed by atoms with Gasteiger partial charge in [-0.15, -0.1) is 11.3 Å². The molecule has 0 unspecified atom stereocenters. The van der Waals surface area contributed by atoms with Gasteiger partial charge in [0.25, 0.3) is 6.71 Å². The van der Waals surface area contributed by atoms with Crippen LogP contribution in [0.5, 0.6) is 0 Å². The second-order valence-corrected chi connectivity index (χ2v) is 26.1. The molecule has 11 rings (SSSR count). The van der Waals surface area contributed by atoms with Gasteiger partial charge >= 0.3 is 0 Å². The molecule has 0 spiro atoms. The number of fused-ring (bicyclic) bond motifs is 7. The third-order valence-electron chi connectivity index (χ3n) is 16.1. The topological polar surface area (TPSA) is 9.72 Å². The molecule has 8 aromatic rings. The molecular weight excluding hydrogens is 866 g/mol. The standard InChI is InChI=1S/C65H70BN3S/c1-41-35-43(62(5,6)7)27-31-53(41)69-56-38-48(67(45-21-17-15-18-22-45)46-23-19-16-20-24-46)37-55-58(56)66(60-59(69)49-39-50-51(40-57(49)70-60)65(13,14)34-33-64(50,11)12)52-36-44(63(8,9)10)28-32-54(52)68(55)47-29-25-42(26-30-47)61(2,3)4/h15-32,35-40H,33-34H2,1-14H3. The predicted molar refractivity (Wildman–Crippen MR) is 307 cm³/mol. The molecule has 3 heterocycles. The Labute approximate surface area is 423 Å². The number of anilines is 9. The van der Waals surface area contributed by atoms with Crippen LogP contribution < -0.4 is 30.4 Å². The van der Waals surface area contributed by atoms with Crippen LogP contribution in [0.25, 0.3) is 10.1 Å². The van der Waals surface area contributed by atoms with Crippen molar-refractivity contribution in [3.05, 3.63) is 179 Å². The van der Waals surface area contributed by atoms with E-state index in [4.69, 9.17) is 0 Å². The van der Waals surface area contributed by atoms with Crippen LogP contribution in [0.3, 0.4) is 0 Å². The molecule has 7 aromatic carbocycles. The summed E-state index contributed by atoms with van der Waals surface area (Å²) in [5.74, 6) is 0. The van der Waals surface area contributed by atoms with E-state index in [1.807, 2.05) is 11.3 Å². The van der Waals surface area contributed by atoms with Gasteiger partial charge in [-0.3, -0.25) is 0 Å². The van der Waals surface area contributed by atoms with Gasteiger partial charge in [-0.1, -0.05) is 163 Å². The highest BCUT2D eigenvalue weighted by atomic mass is 32.1. The molecule has 0 fully saturated rings. The molecule has 2 aliphatic heterocycles. The molecule has 0 bridgehead atoms. The van der Waals surface area contributed by atoms with E-state index in [2.05, 4.69) is 257 Å². The zero-order valence-corrected chi connectivity index (χ0v) is 44.9. The summed E-state index contributed by atoms with van der Waals surface area (Å²) in [6, 6.07) is 56.3. The van der Waals surface area contributed by atoms with Gasteiger partial charge in [-0.05, 0) is 164 Å². The van der Waals surface area contributed by atoms with Crippen molar-refractivity contribution in [2.45, 2.75) is 137 Å². The van der Waals surface area contributed by atoms with Gasteiger partial charge in [0.05, 0.1) is 11.4 Å². The highest BCUT2D eigenvalue weighted by Crippen LogP contribution is 2.54. The van der Waals surface area contributed by atoms with Crippen molar-refractivity contribution in [2.75, 3.05) is 14.7 Å². The van der Waals surface area contributed by atoms with Gasteiger partial charge in [0.15, 0.2) is 0 Å². The molecule has 3 aliphatic rings. The Hall–Kier alpha value is -6.04. The first-order valence-electron chi connectivity index (χ1n) is 25.7. The number of thiophene rings is 1. The van der Waals surface area contributed by atoms with Crippen LogP contribution in [0.1, 0.15) is 136 Å². The van der Waals surface area contributed by atoms with Gasteiger partial charge in [0.2, 0.25) is 0 Å². The molecule has 1 aliphatic carbocycles. The smallest absolute Gasteiger partial charge is 0.264 e. The summed E-state index contributed by atoms with van der Waals surface area (Å²) in [4.78, 5) is 7.76. The quantitative estimate of drug-likeness (QED) is 0.159. The molecule has 5 heteroatoms. The third kappa shape index (κ3) is 7.52. The minimum atomic E-state index is -0.0428. The lowest BCUT2D eigenvalue weighted by molar-refractivity contribution is 0.332. The Morgan fingerprint density at radius 3 is 1.54 bits per heavy atom. The normalized spacial score (nSPS) is 15.9. The molecular formula is C65H70BN3S. The minimum Gasteiger partial charge on any atom is -0.311 e. The van der Waals surface area contributed by atoms with Crippen LogP contribution >= 0.6 is 11.3 Å². The van der Waals surface area contributed by atoms with Gasteiger partial charge < -0.3 is 14.7 Å². The first-order chi connectivity index (χ1) is 33.0. The molecule has 0 saturated heterocycles. The first kappa shape index (κ1) is 46.4. The summed E-state index contributed by atoms with van der Waals surface area (Å²) >= 11 is 2.04. The molecule has 3 nitrogen and oxygen atoms in total. The molecule has 0 amide bonds. The average Bonchev–Trinajstić information content (AvgIpc) is 3.68. The fraction of sp³-hybridized carbons (Fsp3) is 0.323. The Morgan fingerprint density at radius 2 is 1.00 bits per heavy atom. The Balaban J connectivity index is 1.31. The first-order valence-corrected chi connectivity index (χ1v) is 26.5. The van der Waals surface area contributed by atoms with E-state index in [0.717, 1.165) is 22.7 Å². The van der Waals surface area contributed by atoms with Crippen LogP contribution in [0.2, 0.25) is 0 Å². The molecule has 354 valence electrons. The maximum Gasteiger partial charge on any atom is 0.264 e. The van der Waals surface area contributed by atoms with Crippen molar-refractivity contribution >= 4 is 95.0 Å². The number of para-hydroxylation sites is 2. The zero-order valence-electron chi connectivity index (χ0n) is 44.1. The Kier molecular flexibility index (Phi) is 10.6. The third-order valence-corrected chi connectivity index (χ3v) is 17.3. The number of nitrogens with zero attached hydrogens (tertiary/aromatic N) is 3. The van der Waals surface area contributed by atoms with Crippen molar-refractivity contribution in [2.24, 2.45) is 0 Å². The van der Waals surface area contributed by atoms with E-state index in [9.17, 15) is 0 Å². The van der Waals surface area contributed by atoms with Crippen molar-refractivity contribution in [1.82, 2.24) is 0 Å². The van der Waals surface area contributed by atoms with Crippen molar-refractivity contribution in [3.8, 4) is 0 Å². The summed E-state index contributed by atoms with van der Waals surface area (Å²) in [7, 11) is 0. The maximum absolute atomic E-state index is 2.70. The summed E-state index contributed by atoms with van der Waals surface area (Å²) in [6.45, 7) is 33.2. The maximum atomic E-state index is 2.70. The fourth-order valence-corrected chi connectivity index (χ4v) is 13.1. The number of aryl methyl sites for hydroxylation is 1. The summed E-state index contributed by atoms with van der Waals surface area (Å²) in [5, 5.41) is 1.36. The molecule has 1 aromatic heterocycles. The summed E-state index contributed by atoms with van der Waals surface area (Å²) in [5.41, 5.74) is 22.0. The lowest BCUT2D eigenvalue weighted by atomic mass is 9.36. The fourth-order valence-electron chi connectivity index (χ4n) is 11.7. The lowest BCUT2D eigenvalue weighted by Crippen LogP contribution is -2.60. The van der Waals surface area contributed by atoms with Gasteiger partial charge in [-0.25, -0.2) is 0 Å². The van der Waals surface area contributed by atoms with Crippen molar-refractivity contribution in [1.29, 1.82) is 0 Å². The molecule has 0 radical (unpaired) electrons. The van der Waals surface area contributed by atoms with E-state index in [0.29, 0.717) is 0 Å². The average molecular weight is 936 g/mol.